The number of hydrogen-bond donors (Lipinski definition) is 2. The van der Waals surface area contributed by atoms with E-state index in [0.29, 0.717) is 6.61 Å². The van der Waals surface area contributed by atoms with Gasteiger partial charge in [0.1, 0.15) is 12.0 Å². The topological polar surface area (TPSA) is 78.9 Å². The molecule has 1 heterocycles. The fourth-order valence-corrected chi connectivity index (χ4v) is 2.27. The highest BCUT2D eigenvalue weighted by Crippen LogP contribution is 2.06. The van der Waals surface area contributed by atoms with Crippen molar-refractivity contribution in [1.29, 1.82) is 0 Å². The minimum atomic E-state index is -3.98. The van der Waals surface area contributed by atoms with Crippen LogP contribution in [0.25, 0.3) is 0 Å². The lowest BCUT2D eigenvalue weighted by Gasteiger charge is -2.33. The van der Waals surface area contributed by atoms with Crippen LogP contribution in [0.5, 0.6) is 0 Å². The SMILES string of the molecule is CCOC(CS(=O)(=O)O)N1CCNCC1. The zero-order valence-electron chi connectivity index (χ0n) is 8.85. The molecule has 1 unspecified atom stereocenters. The minimum Gasteiger partial charge on any atom is -0.362 e. The minimum absolute atomic E-state index is 0.360. The number of nitrogens with one attached hydrogen (secondary N) is 1. The molecule has 1 saturated heterocycles. The molecule has 1 aliphatic heterocycles. The first-order valence-electron chi connectivity index (χ1n) is 5.04. The molecule has 0 saturated carbocycles. The summed E-state index contributed by atoms with van der Waals surface area (Å²) >= 11 is 0. The summed E-state index contributed by atoms with van der Waals surface area (Å²) in [6.45, 7) is 5.34. The first kappa shape index (κ1) is 12.9. The predicted octanol–water partition coefficient (Wildman–Crippen LogP) is -0.858. The largest absolute Gasteiger partial charge is 0.362 e. The molecule has 0 aromatic rings. The van der Waals surface area contributed by atoms with Crippen molar-refractivity contribution in [3.63, 3.8) is 0 Å². The fraction of sp³-hybridized carbons (Fsp3) is 1.00. The van der Waals surface area contributed by atoms with E-state index in [1.54, 1.807) is 6.92 Å². The fourth-order valence-electron chi connectivity index (χ4n) is 1.60. The summed E-state index contributed by atoms with van der Waals surface area (Å²) in [6, 6.07) is 0. The molecule has 7 heteroatoms. The Kier molecular flexibility index (Phi) is 4.94. The van der Waals surface area contributed by atoms with Gasteiger partial charge in [-0.3, -0.25) is 9.45 Å². The maximum absolute atomic E-state index is 10.8. The number of rotatable bonds is 5. The van der Waals surface area contributed by atoms with Crippen LogP contribution in [0.4, 0.5) is 0 Å². The number of piperazine rings is 1. The van der Waals surface area contributed by atoms with Crippen LogP contribution in [0.2, 0.25) is 0 Å². The number of ether oxygens (including phenoxy) is 1. The number of nitrogens with zero attached hydrogens (tertiary/aromatic N) is 1. The summed E-state index contributed by atoms with van der Waals surface area (Å²) in [5.41, 5.74) is 0. The van der Waals surface area contributed by atoms with Gasteiger partial charge < -0.3 is 10.1 Å². The van der Waals surface area contributed by atoms with Crippen LogP contribution in [-0.2, 0) is 14.9 Å². The average Bonchev–Trinajstić information content (AvgIpc) is 2.17. The molecule has 0 spiro atoms. The lowest BCUT2D eigenvalue weighted by atomic mass is 10.3. The van der Waals surface area contributed by atoms with E-state index in [-0.39, 0.29) is 5.75 Å². The molecule has 0 aliphatic carbocycles. The van der Waals surface area contributed by atoms with Crippen molar-refractivity contribution in [2.75, 3.05) is 38.5 Å². The Balaban J connectivity index is 2.55. The quantitative estimate of drug-likeness (QED) is 0.607. The van der Waals surface area contributed by atoms with E-state index in [0.717, 1.165) is 26.2 Å². The Morgan fingerprint density at radius 3 is 2.53 bits per heavy atom. The van der Waals surface area contributed by atoms with Crippen molar-refractivity contribution >= 4 is 10.1 Å². The van der Waals surface area contributed by atoms with E-state index in [1.165, 1.54) is 0 Å². The van der Waals surface area contributed by atoms with Gasteiger partial charge in [-0.05, 0) is 6.92 Å². The van der Waals surface area contributed by atoms with E-state index < -0.39 is 16.3 Å². The maximum atomic E-state index is 10.8. The molecule has 6 nitrogen and oxygen atoms in total. The second-order valence-electron chi connectivity index (χ2n) is 3.44. The monoisotopic (exact) mass is 238 g/mol. The van der Waals surface area contributed by atoms with Crippen molar-refractivity contribution in [1.82, 2.24) is 10.2 Å². The highest BCUT2D eigenvalue weighted by Gasteiger charge is 2.25. The molecule has 0 aromatic carbocycles. The van der Waals surface area contributed by atoms with Gasteiger partial charge in [-0.1, -0.05) is 0 Å². The van der Waals surface area contributed by atoms with Crippen molar-refractivity contribution < 1.29 is 17.7 Å². The van der Waals surface area contributed by atoms with E-state index >= 15 is 0 Å². The standard InChI is InChI=1S/C8H18N2O4S/c1-2-14-8(7-15(11,12)13)10-5-3-9-4-6-10/h8-9H,2-7H2,1H3,(H,11,12,13). The van der Waals surface area contributed by atoms with Crippen LogP contribution in [0.15, 0.2) is 0 Å². The first-order chi connectivity index (χ1) is 7.03. The lowest BCUT2D eigenvalue weighted by Crippen LogP contribution is -2.51. The molecule has 2 N–H and O–H groups in total. The lowest BCUT2D eigenvalue weighted by molar-refractivity contribution is -0.0449. The van der Waals surface area contributed by atoms with Crippen LogP contribution in [0.3, 0.4) is 0 Å². The van der Waals surface area contributed by atoms with Gasteiger partial charge in [0.15, 0.2) is 0 Å². The molecular formula is C8H18N2O4S. The zero-order valence-corrected chi connectivity index (χ0v) is 9.66. The van der Waals surface area contributed by atoms with Crippen molar-refractivity contribution in [2.45, 2.75) is 13.2 Å². The molecular weight excluding hydrogens is 220 g/mol. The van der Waals surface area contributed by atoms with Crippen LogP contribution in [-0.4, -0.2) is 62.6 Å². The van der Waals surface area contributed by atoms with Crippen molar-refractivity contribution in [2.24, 2.45) is 0 Å². The van der Waals surface area contributed by atoms with Crippen molar-refractivity contribution in [3.8, 4) is 0 Å². The highest BCUT2D eigenvalue weighted by molar-refractivity contribution is 7.85. The Hall–Kier alpha value is -0.210. The van der Waals surface area contributed by atoms with Gasteiger partial charge in [0.05, 0.1) is 0 Å². The van der Waals surface area contributed by atoms with Gasteiger partial charge in [0.25, 0.3) is 10.1 Å². The van der Waals surface area contributed by atoms with Crippen LogP contribution in [0, 0.1) is 0 Å². The van der Waals surface area contributed by atoms with E-state index in [1.807, 2.05) is 4.90 Å². The predicted molar refractivity (Wildman–Crippen MR) is 56.3 cm³/mol. The van der Waals surface area contributed by atoms with Gasteiger partial charge in [-0.15, -0.1) is 0 Å². The summed E-state index contributed by atoms with van der Waals surface area (Å²) < 4.78 is 35.7. The maximum Gasteiger partial charge on any atom is 0.268 e. The van der Waals surface area contributed by atoms with Gasteiger partial charge in [-0.25, -0.2) is 0 Å². The molecule has 1 atom stereocenters. The molecule has 15 heavy (non-hydrogen) atoms. The molecule has 1 aliphatic rings. The van der Waals surface area contributed by atoms with E-state index in [4.69, 9.17) is 9.29 Å². The zero-order chi connectivity index (χ0) is 11.3. The van der Waals surface area contributed by atoms with Crippen molar-refractivity contribution in [3.05, 3.63) is 0 Å². The summed E-state index contributed by atoms with van der Waals surface area (Å²) in [5, 5.41) is 3.17. The summed E-state index contributed by atoms with van der Waals surface area (Å²) in [4.78, 5) is 1.92. The Morgan fingerprint density at radius 1 is 1.47 bits per heavy atom. The van der Waals surface area contributed by atoms with Crippen LogP contribution >= 0.6 is 0 Å². The summed E-state index contributed by atoms with van der Waals surface area (Å²) in [7, 11) is -3.98. The third-order valence-corrected chi connectivity index (χ3v) is 2.98. The smallest absolute Gasteiger partial charge is 0.268 e. The number of hydrogen-bond acceptors (Lipinski definition) is 5. The molecule has 90 valence electrons. The van der Waals surface area contributed by atoms with Crippen LogP contribution in [0.1, 0.15) is 6.92 Å². The van der Waals surface area contributed by atoms with Crippen LogP contribution < -0.4 is 5.32 Å². The third-order valence-electron chi connectivity index (χ3n) is 2.27. The van der Waals surface area contributed by atoms with Gasteiger partial charge in [-0.2, -0.15) is 8.42 Å². The molecule has 0 amide bonds. The third kappa shape index (κ3) is 4.89. The van der Waals surface area contributed by atoms with E-state index in [2.05, 4.69) is 5.32 Å². The second kappa shape index (κ2) is 5.76. The Morgan fingerprint density at radius 2 is 2.07 bits per heavy atom. The highest BCUT2D eigenvalue weighted by atomic mass is 32.2. The summed E-state index contributed by atoms with van der Waals surface area (Å²) in [6.07, 6.45) is -0.535. The summed E-state index contributed by atoms with van der Waals surface area (Å²) in [5.74, 6) is -0.360. The molecule has 1 rings (SSSR count). The Labute approximate surface area is 90.3 Å². The van der Waals surface area contributed by atoms with Gasteiger partial charge >= 0.3 is 0 Å². The molecule has 1 fully saturated rings. The molecule has 0 bridgehead atoms. The van der Waals surface area contributed by atoms with Gasteiger partial charge in [0, 0.05) is 32.8 Å². The molecule has 0 aromatic heterocycles. The van der Waals surface area contributed by atoms with E-state index in [9.17, 15) is 8.42 Å². The Bertz CT molecular complexity index is 274. The second-order valence-corrected chi connectivity index (χ2v) is 4.94. The average molecular weight is 238 g/mol. The molecule has 0 radical (unpaired) electrons. The van der Waals surface area contributed by atoms with Gasteiger partial charge in [0.2, 0.25) is 0 Å². The normalized spacial score (nSPS) is 21.5. The first-order valence-corrected chi connectivity index (χ1v) is 6.65.